The average molecular weight is 305 g/mol. The number of amides is 1. The second-order valence-electron chi connectivity index (χ2n) is 5.44. The number of nitrogens with zero attached hydrogens (tertiary/aromatic N) is 1. The monoisotopic (exact) mass is 305 g/mol. The van der Waals surface area contributed by atoms with Crippen LogP contribution in [0.25, 0.3) is 10.8 Å². The van der Waals surface area contributed by atoms with Crippen LogP contribution in [-0.4, -0.2) is 29.5 Å². The van der Waals surface area contributed by atoms with E-state index in [1.54, 1.807) is 17.6 Å². The zero-order valence-corrected chi connectivity index (χ0v) is 12.8. The van der Waals surface area contributed by atoms with Gasteiger partial charge in [0.25, 0.3) is 0 Å². The second-order valence-corrected chi connectivity index (χ2v) is 6.39. The number of thiophene rings is 1. The Morgan fingerprint density at radius 3 is 3.29 bits per heavy atom. The number of oxazole rings is 1. The Morgan fingerprint density at radius 2 is 2.52 bits per heavy atom. The molecule has 112 valence electrons. The van der Waals surface area contributed by atoms with Gasteiger partial charge in [-0.15, -0.1) is 11.3 Å². The minimum atomic E-state index is 0.0140. The number of rotatable bonds is 4. The van der Waals surface area contributed by atoms with E-state index in [9.17, 15) is 4.79 Å². The first-order chi connectivity index (χ1) is 10.2. The first kappa shape index (κ1) is 14.3. The maximum Gasteiger partial charge on any atom is 0.236 e. The van der Waals surface area contributed by atoms with Crippen LogP contribution in [-0.2, 0) is 11.2 Å². The Balaban J connectivity index is 1.55. The molecular weight excluding hydrogens is 286 g/mol. The van der Waals surface area contributed by atoms with Crippen molar-refractivity contribution in [3.63, 3.8) is 0 Å². The van der Waals surface area contributed by atoms with E-state index in [2.05, 4.69) is 22.5 Å². The molecule has 1 aliphatic heterocycles. The molecule has 0 bridgehead atoms. The van der Waals surface area contributed by atoms with Crippen LogP contribution >= 0.6 is 11.3 Å². The molecular formula is C15H19N3O2S. The van der Waals surface area contributed by atoms with Gasteiger partial charge in [0.15, 0.2) is 0 Å². The van der Waals surface area contributed by atoms with E-state index in [0.717, 1.165) is 24.3 Å². The Labute approximate surface area is 127 Å². The summed E-state index contributed by atoms with van der Waals surface area (Å²) in [6, 6.07) is 4.63. The summed E-state index contributed by atoms with van der Waals surface area (Å²) >= 11 is 1.57. The number of aromatic nitrogens is 1. The number of carbonyl (C=O) groups excluding carboxylic acids is 1. The van der Waals surface area contributed by atoms with E-state index >= 15 is 0 Å². The summed E-state index contributed by atoms with van der Waals surface area (Å²) in [5, 5.41) is 8.44. The van der Waals surface area contributed by atoms with Crippen LogP contribution in [0.2, 0.25) is 0 Å². The molecule has 5 nitrogen and oxygen atoms in total. The lowest BCUT2D eigenvalue weighted by Crippen LogP contribution is -2.46. The summed E-state index contributed by atoms with van der Waals surface area (Å²) in [5.41, 5.74) is 0.679. The first-order valence-corrected chi connectivity index (χ1v) is 8.09. The predicted molar refractivity (Wildman–Crippen MR) is 82.1 cm³/mol. The van der Waals surface area contributed by atoms with Crippen LogP contribution < -0.4 is 10.6 Å². The van der Waals surface area contributed by atoms with Crippen LogP contribution in [0.5, 0.6) is 0 Å². The van der Waals surface area contributed by atoms with E-state index in [-0.39, 0.29) is 18.4 Å². The standard InChI is InChI=1S/C15H19N3O2S/c1-10-7-11(4-5-16-10)17-14(19)8-12-9-20-15(18-12)13-3-2-6-21-13/h2-3,6,9-11,16H,4-5,7-8H2,1H3,(H,17,19). The molecule has 0 aromatic carbocycles. The molecule has 2 N–H and O–H groups in total. The third kappa shape index (κ3) is 3.71. The lowest BCUT2D eigenvalue weighted by Gasteiger charge is -2.28. The van der Waals surface area contributed by atoms with Gasteiger partial charge >= 0.3 is 0 Å². The first-order valence-electron chi connectivity index (χ1n) is 7.22. The quantitative estimate of drug-likeness (QED) is 0.909. The summed E-state index contributed by atoms with van der Waals surface area (Å²) < 4.78 is 5.43. The van der Waals surface area contributed by atoms with Crippen molar-refractivity contribution in [2.75, 3.05) is 6.54 Å². The maximum atomic E-state index is 12.1. The minimum absolute atomic E-state index is 0.0140. The lowest BCUT2D eigenvalue weighted by atomic mass is 10.0. The van der Waals surface area contributed by atoms with Crippen molar-refractivity contribution in [1.82, 2.24) is 15.6 Å². The van der Waals surface area contributed by atoms with Crippen molar-refractivity contribution >= 4 is 17.2 Å². The number of piperidine rings is 1. The normalized spacial score (nSPS) is 22.1. The Morgan fingerprint density at radius 1 is 1.62 bits per heavy atom. The Hall–Kier alpha value is -1.66. The highest BCUT2D eigenvalue weighted by Crippen LogP contribution is 2.23. The molecule has 0 aliphatic carbocycles. The summed E-state index contributed by atoms with van der Waals surface area (Å²) in [5.74, 6) is 0.600. The van der Waals surface area contributed by atoms with Crippen molar-refractivity contribution in [3.05, 3.63) is 29.5 Å². The SMILES string of the molecule is CC1CC(NC(=O)Cc2coc(-c3cccs3)n2)CCN1. The molecule has 2 unspecified atom stereocenters. The smallest absolute Gasteiger partial charge is 0.236 e. The van der Waals surface area contributed by atoms with E-state index in [4.69, 9.17) is 4.42 Å². The van der Waals surface area contributed by atoms with Crippen LogP contribution in [0.3, 0.4) is 0 Å². The van der Waals surface area contributed by atoms with Crippen LogP contribution in [0.1, 0.15) is 25.5 Å². The number of carbonyl (C=O) groups is 1. The minimum Gasteiger partial charge on any atom is -0.444 e. The van der Waals surface area contributed by atoms with Gasteiger partial charge in [-0.05, 0) is 37.8 Å². The fourth-order valence-corrected chi connectivity index (χ4v) is 3.26. The zero-order valence-electron chi connectivity index (χ0n) is 12.0. The fourth-order valence-electron chi connectivity index (χ4n) is 2.61. The molecule has 2 aromatic heterocycles. The van der Waals surface area contributed by atoms with Gasteiger partial charge in [0.2, 0.25) is 11.8 Å². The van der Waals surface area contributed by atoms with Gasteiger partial charge in [0.1, 0.15) is 6.26 Å². The van der Waals surface area contributed by atoms with Gasteiger partial charge in [-0.1, -0.05) is 6.07 Å². The lowest BCUT2D eigenvalue weighted by molar-refractivity contribution is -0.121. The molecule has 1 amide bonds. The van der Waals surface area contributed by atoms with E-state index in [0.29, 0.717) is 17.6 Å². The molecule has 1 saturated heterocycles. The van der Waals surface area contributed by atoms with Gasteiger partial charge in [0.05, 0.1) is 17.0 Å². The van der Waals surface area contributed by atoms with E-state index in [1.165, 1.54) is 0 Å². The summed E-state index contributed by atoms with van der Waals surface area (Å²) in [4.78, 5) is 17.4. The van der Waals surface area contributed by atoms with Crippen molar-refractivity contribution in [1.29, 1.82) is 0 Å². The van der Waals surface area contributed by atoms with Crippen molar-refractivity contribution in [2.24, 2.45) is 0 Å². The molecule has 0 spiro atoms. The molecule has 0 saturated carbocycles. The topological polar surface area (TPSA) is 67.2 Å². The molecule has 6 heteroatoms. The molecule has 3 rings (SSSR count). The molecule has 1 aliphatic rings. The number of nitrogens with one attached hydrogen (secondary N) is 2. The van der Waals surface area contributed by atoms with Gasteiger partial charge in [0, 0.05) is 12.1 Å². The third-order valence-electron chi connectivity index (χ3n) is 3.61. The largest absolute Gasteiger partial charge is 0.444 e. The summed E-state index contributed by atoms with van der Waals surface area (Å²) in [6.45, 7) is 3.10. The van der Waals surface area contributed by atoms with Gasteiger partial charge < -0.3 is 15.1 Å². The molecule has 3 heterocycles. The van der Waals surface area contributed by atoms with Crippen molar-refractivity contribution in [2.45, 2.75) is 38.3 Å². The van der Waals surface area contributed by atoms with Gasteiger partial charge in [-0.3, -0.25) is 4.79 Å². The Kier molecular flexibility index (Phi) is 4.36. The Bertz CT molecular complexity index is 594. The van der Waals surface area contributed by atoms with Crippen LogP contribution in [0, 0.1) is 0 Å². The second kappa shape index (κ2) is 6.41. The third-order valence-corrected chi connectivity index (χ3v) is 4.47. The highest BCUT2D eigenvalue weighted by atomic mass is 32.1. The van der Waals surface area contributed by atoms with E-state index in [1.807, 2.05) is 17.5 Å². The van der Waals surface area contributed by atoms with Crippen molar-refractivity contribution < 1.29 is 9.21 Å². The van der Waals surface area contributed by atoms with Crippen LogP contribution in [0.15, 0.2) is 28.2 Å². The average Bonchev–Trinajstić information content (AvgIpc) is 3.08. The summed E-state index contributed by atoms with van der Waals surface area (Å²) in [7, 11) is 0. The van der Waals surface area contributed by atoms with Crippen molar-refractivity contribution in [3.8, 4) is 10.8 Å². The zero-order chi connectivity index (χ0) is 14.7. The fraction of sp³-hybridized carbons (Fsp3) is 0.467. The van der Waals surface area contributed by atoms with E-state index < -0.39 is 0 Å². The van der Waals surface area contributed by atoms with Gasteiger partial charge in [-0.25, -0.2) is 4.98 Å². The highest BCUT2D eigenvalue weighted by molar-refractivity contribution is 7.13. The molecule has 21 heavy (non-hydrogen) atoms. The molecule has 2 atom stereocenters. The molecule has 2 aromatic rings. The molecule has 1 fully saturated rings. The highest BCUT2D eigenvalue weighted by Gasteiger charge is 2.20. The van der Waals surface area contributed by atoms with Crippen LogP contribution in [0.4, 0.5) is 0 Å². The maximum absolute atomic E-state index is 12.1. The number of hydrogen-bond acceptors (Lipinski definition) is 5. The predicted octanol–water partition coefficient (Wildman–Crippen LogP) is 2.20. The molecule has 0 radical (unpaired) electrons. The number of hydrogen-bond donors (Lipinski definition) is 2. The summed E-state index contributed by atoms with van der Waals surface area (Å²) in [6.07, 6.45) is 3.80. The van der Waals surface area contributed by atoms with Gasteiger partial charge in [-0.2, -0.15) is 0 Å².